The van der Waals surface area contributed by atoms with Gasteiger partial charge in [0.1, 0.15) is 11.4 Å². The third-order valence-corrected chi connectivity index (χ3v) is 7.24. The van der Waals surface area contributed by atoms with Gasteiger partial charge in [0.05, 0.1) is 40.6 Å². The largest absolute Gasteiger partial charge is 0.573 e. The lowest BCUT2D eigenvalue weighted by Gasteiger charge is -2.22. The molecule has 1 fully saturated rings. The quantitative estimate of drug-likeness (QED) is 0.229. The number of nitrogens with one attached hydrogen (secondary N) is 2. The maximum atomic E-state index is 12.8. The summed E-state index contributed by atoms with van der Waals surface area (Å²) < 4.78 is 50.0. The highest BCUT2D eigenvalue weighted by Gasteiger charge is 2.31. The average Bonchev–Trinajstić information content (AvgIpc) is 2.99. The van der Waals surface area contributed by atoms with E-state index in [2.05, 4.69) is 20.4 Å². The maximum absolute atomic E-state index is 12.8. The highest BCUT2D eigenvalue weighted by molar-refractivity contribution is 5.84. The Morgan fingerprint density at radius 1 is 1.00 bits per heavy atom. The number of benzene rings is 3. The molecule has 2 aromatic carbocycles. The number of hydrogen-bond acceptors (Lipinski definition) is 7. The smallest absolute Gasteiger partial charge is 0.480 e. The molecule has 1 saturated heterocycles. The van der Waals surface area contributed by atoms with Crippen LogP contribution in [0.5, 0.6) is 11.6 Å². The summed E-state index contributed by atoms with van der Waals surface area (Å²) in [6.45, 7) is 2.61. The summed E-state index contributed by atoms with van der Waals surface area (Å²) >= 11 is 0. The number of halogens is 3. The van der Waals surface area contributed by atoms with Crippen molar-refractivity contribution in [3.05, 3.63) is 84.4 Å². The van der Waals surface area contributed by atoms with Crippen molar-refractivity contribution < 1.29 is 22.6 Å². The van der Waals surface area contributed by atoms with E-state index in [0.717, 1.165) is 53.7 Å². The van der Waals surface area contributed by atoms with Gasteiger partial charge in [-0.1, -0.05) is 12.1 Å². The molecule has 42 heavy (non-hydrogen) atoms. The van der Waals surface area contributed by atoms with Gasteiger partial charge in [-0.25, -0.2) is 9.97 Å². The van der Waals surface area contributed by atoms with Crippen LogP contribution in [0.25, 0.3) is 28.1 Å². The zero-order valence-electron chi connectivity index (χ0n) is 22.9. The Morgan fingerprint density at radius 3 is 2.55 bits per heavy atom. The number of pyridine rings is 1. The number of fused-ring (bicyclic) bond motifs is 2. The number of para-hydroxylation sites is 2. The van der Waals surface area contributed by atoms with Gasteiger partial charge in [-0.2, -0.15) is 0 Å². The summed E-state index contributed by atoms with van der Waals surface area (Å²) in [7, 11) is 1.57. The molecule has 8 nitrogen and oxygen atoms in total. The van der Waals surface area contributed by atoms with Crippen LogP contribution in [0.2, 0.25) is 0 Å². The Labute approximate surface area is 240 Å². The van der Waals surface area contributed by atoms with Crippen molar-refractivity contribution in [3.8, 4) is 28.7 Å². The Kier molecular flexibility index (Phi) is 7.66. The van der Waals surface area contributed by atoms with Crippen LogP contribution in [0.15, 0.2) is 84.0 Å². The Balaban J connectivity index is 1.53. The fourth-order valence-corrected chi connectivity index (χ4v) is 5.23. The van der Waals surface area contributed by atoms with Gasteiger partial charge in [-0.15, -0.1) is 13.2 Å². The van der Waals surface area contributed by atoms with Crippen molar-refractivity contribution in [3.63, 3.8) is 0 Å². The molecule has 11 heteroatoms. The molecule has 0 amide bonds. The van der Waals surface area contributed by atoms with E-state index in [4.69, 9.17) is 14.7 Å². The third kappa shape index (κ3) is 6.01. The minimum absolute atomic E-state index is 0.288. The summed E-state index contributed by atoms with van der Waals surface area (Å²) in [4.78, 5) is 14.3. The molecule has 6 rings (SSSR count). The predicted octanol–water partition coefficient (Wildman–Crippen LogP) is 6.08. The molecule has 1 aromatic heterocycles. The van der Waals surface area contributed by atoms with Gasteiger partial charge in [0.2, 0.25) is 5.88 Å². The van der Waals surface area contributed by atoms with E-state index in [1.807, 2.05) is 53.1 Å². The van der Waals surface area contributed by atoms with E-state index >= 15 is 0 Å². The van der Waals surface area contributed by atoms with E-state index in [9.17, 15) is 13.2 Å². The van der Waals surface area contributed by atoms with Crippen molar-refractivity contribution in [2.45, 2.75) is 19.2 Å². The fraction of sp³-hybridized carbons (Fsp3) is 0.258. The summed E-state index contributed by atoms with van der Waals surface area (Å²) in [5.74, 6) is 0.624. The summed E-state index contributed by atoms with van der Waals surface area (Å²) in [6, 6.07) is 21.1. The van der Waals surface area contributed by atoms with Crippen LogP contribution in [-0.4, -0.2) is 47.6 Å². The number of alkyl halides is 3. The standard InChI is InChI=1S/C31H29F3N6O2/c1-41-30-24(6-4-14-36-30)39-26-17-27-29(18-25(26)37-19-20-12-15-35-16-13-20)40(28-7-3-2-5-23(28)38-27)21-8-10-22(11-9-21)42-31(32,33)34/h2-11,14,17-18,20,35,39H,12-13,15-16,19H2,1H3. The van der Waals surface area contributed by atoms with E-state index in [0.29, 0.717) is 35.4 Å². The van der Waals surface area contributed by atoms with Crippen molar-refractivity contribution in [2.24, 2.45) is 10.9 Å². The normalized spacial score (nSPS) is 14.8. The highest BCUT2D eigenvalue weighted by atomic mass is 19.4. The maximum Gasteiger partial charge on any atom is 0.573 e. The molecule has 0 unspecified atom stereocenters. The molecular weight excluding hydrogens is 545 g/mol. The second-order valence-corrected chi connectivity index (χ2v) is 10.1. The van der Waals surface area contributed by atoms with E-state index < -0.39 is 6.36 Å². The molecule has 0 bridgehead atoms. The number of ether oxygens (including phenoxy) is 2. The van der Waals surface area contributed by atoms with Crippen molar-refractivity contribution in [1.82, 2.24) is 19.9 Å². The molecule has 3 heterocycles. The first kappa shape index (κ1) is 27.5. The second-order valence-electron chi connectivity index (χ2n) is 10.1. The lowest BCUT2D eigenvalue weighted by atomic mass is 9.98. The fourth-order valence-electron chi connectivity index (χ4n) is 5.23. The van der Waals surface area contributed by atoms with Crippen LogP contribution in [0.3, 0.4) is 0 Å². The molecule has 3 aliphatic rings. The van der Waals surface area contributed by atoms with Crippen LogP contribution in [0.4, 0.5) is 24.5 Å². The van der Waals surface area contributed by atoms with E-state index in [-0.39, 0.29) is 5.75 Å². The molecule has 0 radical (unpaired) electrons. The van der Waals surface area contributed by atoms with Crippen LogP contribution in [0, 0.1) is 5.92 Å². The monoisotopic (exact) mass is 574 g/mol. The van der Waals surface area contributed by atoms with Crippen LogP contribution >= 0.6 is 0 Å². The Morgan fingerprint density at radius 2 is 1.79 bits per heavy atom. The molecular formula is C31H29F3N6O2. The van der Waals surface area contributed by atoms with E-state index in [1.165, 1.54) is 12.1 Å². The van der Waals surface area contributed by atoms with Crippen molar-refractivity contribution in [2.75, 3.05) is 32.1 Å². The van der Waals surface area contributed by atoms with Gasteiger partial charge < -0.3 is 24.7 Å². The average molecular weight is 575 g/mol. The van der Waals surface area contributed by atoms with Crippen LogP contribution < -0.4 is 25.5 Å². The van der Waals surface area contributed by atoms with Gasteiger partial charge in [-0.3, -0.25) is 4.99 Å². The highest BCUT2D eigenvalue weighted by Crippen LogP contribution is 2.32. The van der Waals surface area contributed by atoms with Gasteiger partial charge in [-0.05, 0) is 92.5 Å². The number of piperidine rings is 1. The van der Waals surface area contributed by atoms with E-state index in [1.54, 1.807) is 25.4 Å². The molecule has 0 saturated carbocycles. The van der Waals surface area contributed by atoms with Gasteiger partial charge >= 0.3 is 6.36 Å². The summed E-state index contributed by atoms with van der Waals surface area (Å²) in [5, 5.41) is 7.57. The zero-order valence-corrected chi connectivity index (χ0v) is 22.9. The molecule has 2 aliphatic heterocycles. The minimum atomic E-state index is -4.77. The number of hydrogen-bond donors (Lipinski definition) is 2. The number of nitrogens with zero attached hydrogens (tertiary/aromatic N) is 4. The Hall–Kier alpha value is -4.64. The second kappa shape index (κ2) is 11.7. The van der Waals surface area contributed by atoms with Gasteiger partial charge in [0.15, 0.2) is 0 Å². The lowest BCUT2D eigenvalue weighted by Crippen LogP contribution is -2.29. The summed E-state index contributed by atoms with van der Waals surface area (Å²) in [5.41, 5.74) is 5.05. The number of rotatable bonds is 7. The molecule has 216 valence electrons. The molecule has 3 aromatic rings. The molecule has 1 aliphatic carbocycles. The predicted molar refractivity (Wildman–Crippen MR) is 154 cm³/mol. The Bertz CT molecular complexity index is 1730. The van der Waals surface area contributed by atoms with Crippen LogP contribution in [-0.2, 0) is 0 Å². The number of aromatic nitrogens is 3. The topological polar surface area (TPSA) is 85.6 Å². The minimum Gasteiger partial charge on any atom is -0.480 e. The lowest BCUT2D eigenvalue weighted by molar-refractivity contribution is -0.274. The van der Waals surface area contributed by atoms with Gasteiger partial charge in [0, 0.05) is 18.4 Å². The molecule has 0 atom stereocenters. The summed E-state index contributed by atoms with van der Waals surface area (Å²) in [6.07, 6.45) is -1.01. The SMILES string of the molecule is COc1ncccc1Nc1cc2nc3ccccc3n(-c3ccc(OC(F)(F)F)cc3)c-2cc1=NCC1CCNCC1. The van der Waals surface area contributed by atoms with Crippen molar-refractivity contribution in [1.29, 1.82) is 0 Å². The third-order valence-electron chi connectivity index (χ3n) is 7.24. The first-order chi connectivity index (χ1) is 20.4. The first-order valence-corrected chi connectivity index (χ1v) is 13.7. The van der Waals surface area contributed by atoms with Gasteiger partial charge in [0.25, 0.3) is 0 Å². The van der Waals surface area contributed by atoms with Crippen molar-refractivity contribution >= 4 is 22.4 Å². The first-order valence-electron chi connectivity index (χ1n) is 13.7. The molecule has 2 N–H and O–H groups in total. The van der Waals surface area contributed by atoms with Crippen LogP contribution in [0.1, 0.15) is 12.8 Å². The number of methoxy groups -OCH3 is 1. The number of anilines is 2. The zero-order chi connectivity index (χ0) is 29.1. The molecule has 0 spiro atoms.